The zero-order chi connectivity index (χ0) is 24.9. The number of nitrogens with zero attached hydrogens (tertiary/aromatic N) is 3. The fraction of sp³-hybridized carbons (Fsp3) is 0.414. The first-order valence-electron chi connectivity index (χ1n) is 13.0. The first kappa shape index (κ1) is 24.3. The lowest BCUT2D eigenvalue weighted by molar-refractivity contribution is -0.121. The molecule has 36 heavy (non-hydrogen) atoms. The lowest BCUT2D eigenvalue weighted by Crippen LogP contribution is -2.39. The topological polar surface area (TPSA) is 76.5 Å². The molecule has 1 amide bonds. The van der Waals surface area contributed by atoms with Crippen LogP contribution in [0.15, 0.2) is 65.5 Å². The molecule has 2 aliphatic rings. The van der Waals surface area contributed by atoms with Gasteiger partial charge in [-0.05, 0) is 56.2 Å². The van der Waals surface area contributed by atoms with Gasteiger partial charge in [0.1, 0.15) is 18.1 Å². The van der Waals surface area contributed by atoms with Crippen LogP contribution in [-0.4, -0.2) is 46.2 Å². The van der Waals surface area contributed by atoms with Gasteiger partial charge in [0.2, 0.25) is 5.91 Å². The summed E-state index contributed by atoms with van der Waals surface area (Å²) in [6.07, 6.45) is 9.69. The molecule has 3 aromatic rings. The standard InChI is InChI=1S/C29H34N4O3/c1-2-27(32-16-8-3-4-9-17-32)36-23-14-15-25-24(18-23)29(35)33(20-26(34)30-19-21-12-13-21)28(31-25)22-10-6-5-7-11-22/h3,5-8,10-11,14-15,18,21,27H,2,4,9,12-13,16-17,19-20H2,1H3,(H,30,34)/t27-/m0/s1. The minimum atomic E-state index is -0.239. The van der Waals surface area contributed by atoms with Gasteiger partial charge in [-0.1, -0.05) is 49.4 Å². The quantitative estimate of drug-likeness (QED) is 0.455. The fourth-order valence-corrected chi connectivity index (χ4v) is 4.67. The van der Waals surface area contributed by atoms with Gasteiger partial charge in [-0.3, -0.25) is 19.1 Å². The van der Waals surface area contributed by atoms with Crippen molar-refractivity contribution in [2.75, 3.05) is 19.6 Å². The predicted molar refractivity (Wildman–Crippen MR) is 142 cm³/mol. The minimum Gasteiger partial charge on any atom is -0.475 e. The highest BCUT2D eigenvalue weighted by Crippen LogP contribution is 2.27. The lowest BCUT2D eigenvalue weighted by atomic mass is 10.1. The van der Waals surface area contributed by atoms with Gasteiger partial charge < -0.3 is 10.1 Å². The highest BCUT2D eigenvalue weighted by atomic mass is 16.5. The van der Waals surface area contributed by atoms with Crippen molar-refractivity contribution in [2.24, 2.45) is 5.92 Å². The zero-order valence-corrected chi connectivity index (χ0v) is 20.9. The van der Waals surface area contributed by atoms with Gasteiger partial charge in [0.15, 0.2) is 6.23 Å². The molecule has 2 aromatic carbocycles. The molecule has 1 atom stereocenters. The molecule has 5 rings (SSSR count). The van der Waals surface area contributed by atoms with Gasteiger partial charge in [-0.2, -0.15) is 0 Å². The zero-order valence-electron chi connectivity index (χ0n) is 20.9. The number of ether oxygens (including phenoxy) is 1. The van der Waals surface area contributed by atoms with E-state index in [-0.39, 0.29) is 24.2 Å². The summed E-state index contributed by atoms with van der Waals surface area (Å²) < 4.78 is 7.85. The van der Waals surface area contributed by atoms with Gasteiger partial charge in [0, 0.05) is 25.2 Å². The summed E-state index contributed by atoms with van der Waals surface area (Å²) in [6, 6.07) is 15.0. The van der Waals surface area contributed by atoms with Crippen LogP contribution in [0.2, 0.25) is 0 Å². The van der Waals surface area contributed by atoms with Crippen LogP contribution in [0.5, 0.6) is 5.75 Å². The summed E-state index contributed by atoms with van der Waals surface area (Å²) >= 11 is 0. The van der Waals surface area contributed by atoms with E-state index in [0.717, 1.165) is 50.8 Å². The summed E-state index contributed by atoms with van der Waals surface area (Å²) in [4.78, 5) is 33.6. The Kier molecular flexibility index (Phi) is 7.47. The van der Waals surface area contributed by atoms with Crippen LogP contribution >= 0.6 is 0 Å². The number of rotatable bonds is 9. The number of hydrogen-bond acceptors (Lipinski definition) is 5. The van der Waals surface area contributed by atoms with Crippen LogP contribution in [0.1, 0.15) is 39.0 Å². The van der Waals surface area contributed by atoms with E-state index in [0.29, 0.717) is 34.9 Å². The molecule has 7 nitrogen and oxygen atoms in total. The number of aromatic nitrogens is 2. The average Bonchev–Trinajstić information content (AvgIpc) is 3.76. The third-order valence-electron chi connectivity index (χ3n) is 6.90. The average molecular weight is 487 g/mol. The number of carbonyl (C=O) groups excluding carboxylic acids is 1. The summed E-state index contributed by atoms with van der Waals surface area (Å²) in [5.74, 6) is 1.53. The van der Waals surface area contributed by atoms with Crippen LogP contribution in [0, 0.1) is 5.92 Å². The largest absolute Gasteiger partial charge is 0.475 e. The number of allylic oxidation sites excluding steroid dienone is 1. The Morgan fingerprint density at radius 3 is 2.78 bits per heavy atom. The molecule has 0 bridgehead atoms. The maximum absolute atomic E-state index is 13.7. The van der Waals surface area contributed by atoms with E-state index >= 15 is 0 Å². The van der Waals surface area contributed by atoms with Gasteiger partial charge in [0.25, 0.3) is 5.56 Å². The fourth-order valence-electron chi connectivity index (χ4n) is 4.67. The molecule has 2 heterocycles. The molecule has 1 saturated carbocycles. The highest BCUT2D eigenvalue weighted by Gasteiger charge is 2.23. The van der Waals surface area contributed by atoms with E-state index in [4.69, 9.17) is 9.72 Å². The van der Waals surface area contributed by atoms with Crippen molar-refractivity contribution >= 4 is 16.8 Å². The number of benzene rings is 2. The minimum absolute atomic E-state index is 0.0680. The molecular formula is C29H34N4O3. The molecule has 0 radical (unpaired) electrons. The van der Waals surface area contributed by atoms with E-state index in [9.17, 15) is 9.59 Å². The van der Waals surface area contributed by atoms with Gasteiger partial charge in [-0.25, -0.2) is 4.98 Å². The molecule has 1 N–H and O–H groups in total. The Bertz CT molecular complexity index is 1300. The van der Waals surface area contributed by atoms with Crippen molar-refractivity contribution in [1.82, 2.24) is 19.8 Å². The molecule has 1 fully saturated rings. The van der Waals surface area contributed by atoms with Gasteiger partial charge >= 0.3 is 0 Å². The Morgan fingerprint density at radius 2 is 2.00 bits per heavy atom. The smallest absolute Gasteiger partial charge is 0.262 e. The number of nitrogens with one attached hydrogen (secondary N) is 1. The van der Waals surface area contributed by atoms with Gasteiger partial charge in [-0.15, -0.1) is 0 Å². The lowest BCUT2D eigenvalue weighted by Gasteiger charge is -2.29. The van der Waals surface area contributed by atoms with Crippen LogP contribution in [0.25, 0.3) is 22.3 Å². The molecule has 188 valence electrons. The molecule has 0 spiro atoms. The van der Waals surface area contributed by atoms with Crippen molar-refractivity contribution in [1.29, 1.82) is 0 Å². The molecule has 1 aliphatic carbocycles. The van der Waals surface area contributed by atoms with Crippen molar-refractivity contribution in [3.63, 3.8) is 0 Å². The molecule has 0 unspecified atom stereocenters. The van der Waals surface area contributed by atoms with Crippen molar-refractivity contribution in [3.8, 4) is 17.1 Å². The monoisotopic (exact) mass is 486 g/mol. The Balaban J connectivity index is 1.48. The first-order chi connectivity index (χ1) is 17.6. The molecule has 1 aromatic heterocycles. The second kappa shape index (κ2) is 11.1. The SMILES string of the molecule is CC[C@H](Oc1ccc2nc(-c3ccccc3)n(CC(=O)NCC3CC3)c(=O)c2c1)N1CC=CCCC1. The van der Waals surface area contributed by atoms with E-state index in [1.165, 1.54) is 4.57 Å². The van der Waals surface area contributed by atoms with E-state index in [2.05, 4.69) is 29.3 Å². The van der Waals surface area contributed by atoms with Crippen molar-refractivity contribution in [3.05, 3.63) is 71.0 Å². The van der Waals surface area contributed by atoms with E-state index in [1.807, 2.05) is 42.5 Å². The number of amides is 1. The van der Waals surface area contributed by atoms with E-state index in [1.54, 1.807) is 6.07 Å². The molecular weight excluding hydrogens is 452 g/mol. The Hall–Kier alpha value is -3.45. The van der Waals surface area contributed by atoms with Crippen LogP contribution in [0.3, 0.4) is 0 Å². The maximum Gasteiger partial charge on any atom is 0.262 e. The number of carbonyl (C=O) groups is 1. The second-order valence-electron chi connectivity index (χ2n) is 9.71. The van der Waals surface area contributed by atoms with Crippen LogP contribution < -0.4 is 15.6 Å². The van der Waals surface area contributed by atoms with E-state index < -0.39 is 0 Å². The van der Waals surface area contributed by atoms with Crippen LogP contribution in [-0.2, 0) is 11.3 Å². The highest BCUT2D eigenvalue weighted by molar-refractivity contribution is 5.83. The number of fused-ring (bicyclic) bond motifs is 1. The maximum atomic E-state index is 13.7. The van der Waals surface area contributed by atoms with Crippen LogP contribution in [0.4, 0.5) is 0 Å². The summed E-state index contributed by atoms with van der Waals surface area (Å²) in [7, 11) is 0. The Morgan fingerprint density at radius 1 is 1.17 bits per heavy atom. The van der Waals surface area contributed by atoms with Crippen molar-refractivity contribution in [2.45, 2.75) is 51.8 Å². The third-order valence-corrected chi connectivity index (χ3v) is 6.90. The molecule has 1 aliphatic heterocycles. The number of hydrogen-bond donors (Lipinski definition) is 1. The molecule has 7 heteroatoms. The predicted octanol–water partition coefficient (Wildman–Crippen LogP) is 4.36. The normalized spacial score (nSPS) is 17.0. The second-order valence-corrected chi connectivity index (χ2v) is 9.71. The van der Waals surface area contributed by atoms with Crippen molar-refractivity contribution < 1.29 is 9.53 Å². The summed E-state index contributed by atoms with van der Waals surface area (Å²) in [5, 5.41) is 3.42. The third kappa shape index (κ3) is 5.68. The summed E-state index contributed by atoms with van der Waals surface area (Å²) in [5.41, 5.74) is 1.15. The Labute approximate surface area is 211 Å². The first-order valence-corrected chi connectivity index (χ1v) is 13.0. The van der Waals surface area contributed by atoms with Gasteiger partial charge in [0.05, 0.1) is 10.9 Å². The summed E-state index contributed by atoms with van der Waals surface area (Å²) in [6.45, 7) is 4.54. The molecule has 0 saturated heterocycles.